The van der Waals surface area contributed by atoms with Gasteiger partial charge in [0.05, 0.1) is 0 Å². The van der Waals surface area contributed by atoms with E-state index >= 15 is 0 Å². The molecule has 0 heterocycles. The average molecular weight is 270 g/mol. The Morgan fingerprint density at radius 3 is 2.50 bits per heavy atom. The van der Waals surface area contributed by atoms with Gasteiger partial charge in [0.1, 0.15) is 0 Å². The van der Waals surface area contributed by atoms with Gasteiger partial charge in [-0.3, -0.25) is 4.79 Å². The summed E-state index contributed by atoms with van der Waals surface area (Å²) in [6, 6.07) is 6.74. The number of amides is 1. The fraction of sp³-hybridized carbons (Fsp3) is 0.462. The summed E-state index contributed by atoms with van der Waals surface area (Å²) < 4.78 is 0. The van der Waals surface area contributed by atoms with Crippen LogP contribution in [0.3, 0.4) is 0 Å². The highest BCUT2D eigenvalue weighted by atomic mass is 35.5. The molecule has 0 radical (unpaired) electrons. The highest BCUT2D eigenvalue weighted by Crippen LogP contribution is 2.11. The summed E-state index contributed by atoms with van der Waals surface area (Å²) in [6.45, 7) is 2.92. The summed E-state index contributed by atoms with van der Waals surface area (Å²) in [4.78, 5) is 11.9. The Morgan fingerprint density at radius 1 is 1.39 bits per heavy atom. The summed E-state index contributed by atoms with van der Waals surface area (Å²) in [6.07, 6.45) is 1.45. The monoisotopic (exact) mass is 269 g/mol. The number of nitrogens with two attached hydrogens (primary N) is 2. The molecule has 0 saturated heterocycles. The first-order valence-corrected chi connectivity index (χ1v) is 6.41. The van der Waals surface area contributed by atoms with Gasteiger partial charge in [0.15, 0.2) is 0 Å². The molecule has 0 fully saturated rings. The topological polar surface area (TPSA) is 81.1 Å². The van der Waals surface area contributed by atoms with E-state index in [0.717, 1.165) is 6.42 Å². The Morgan fingerprint density at radius 2 is 2.00 bits per heavy atom. The highest BCUT2D eigenvalue weighted by molar-refractivity contribution is 6.30. The van der Waals surface area contributed by atoms with Crippen LogP contribution in [-0.4, -0.2) is 24.5 Å². The fourth-order valence-corrected chi connectivity index (χ4v) is 1.76. The quantitative estimate of drug-likeness (QED) is 0.732. The molecular formula is C13H20ClN3O. The van der Waals surface area contributed by atoms with E-state index in [2.05, 4.69) is 5.32 Å². The number of benzene rings is 1. The van der Waals surface area contributed by atoms with Crippen LogP contribution in [0.2, 0.25) is 5.02 Å². The molecule has 0 spiro atoms. The number of hydrogen-bond acceptors (Lipinski definition) is 3. The molecule has 0 aliphatic heterocycles. The van der Waals surface area contributed by atoms with Gasteiger partial charge in [-0.2, -0.15) is 0 Å². The van der Waals surface area contributed by atoms with Gasteiger partial charge in [-0.25, -0.2) is 0 Å². The number of hydrogen-bond donors (Lipinski definition) is 3. The van der Waals surface area contributed by atoms with Gasteiger partial charge in [-0.1, -0.05) is 18.5 Å². The van der Waals surface area contributed by atoms with Crippen molar-refractivity contribution in [1.29, 1.82) is 0 Å². The van der Waals surface area contributed by atoms with E-state index in [0.29, 0.717) is 30.1 Å². The van der Waals surface area contributed by atoms with Crippen LogP contribution in [0.5, 0.6) is 0 Å². The molecule has 4 nitrogen and oxygen atoms in total. The summed E-state index contributed by atoms with van der Waals surface area (Å²) in [5.41, 5.74) is 11.8. The second-order valence-electron chi connectivity index (χ2n) is 4.44. The largest absolute Gasteiger partial charge is 0.350 e. The molecule has 0 bridgehead atoms. The molecule has 0 aliphatic rings. The zero-order chi connectivity index (χ0) is 13.6. The lowest BCUT2D eigenvalue weighted by molar-refractivity contribution is 0.0942. The molecule has 1 unspecified atom stereocenters. The molecule has 1 amide bonds. The van der Waals surface area contributed by atoms with E-state index in [9.17, 15) is 4.79 Å². The standard InChI is InChI=1S/C13H20ClN3O/c1-2-13(16,7-8-15)9-17-12(18)10-3-5-11(14)6-4-10/h3-6H,2,7-9,15-16H2,1H3,(H,17,18). The van der Waals surface area contributed by atoms with Crippen LogP contribution in [0.4, 0.5) is 0 Å². The minimum Gasteiger partial charge on any atom is -0.350 e. The zero-order valence-electron chi connectivity index (χ0n) is 10.6. The van der Waals surface area contributed by atoms with E-state index in [1.54, 1.807) is 24.3 Å². The zero-order valence-corrected chi connectivity index (χ0v) is 11.3. The van der Waals surface area contributed by atoms with Crippen molar-refractivity contribution >= 4 is 17.5 Å². The SMILES string of the molecule is CCC(N)(CCN)CNC(=O)c1ccc(Cl)cc1. The van der Waals surface area contributed by atoms with Crippen LogP contribution in [0.15, 0.2) is 24.3 Å². The molecule has 100 valence electrons. The van der Waals surface area contributed by atoms with Crippen LogP contribution in [-0.2, 0) is 0 Å². The van der Waals surface area contributed by atoms with Crippen LogP contribution in [0, 0.1) is 0 Å². The van der Waals surface area contributed by atoms with Gasteiger partial charge < -0.3 is 16.8 Å². The summed E-state index contributed by atoms with van der Waals surface area (Å²) in [5, 5.41) is 3.44. The van der Waals surface area contributed by atoms with Crippen LogP contribution in [0.25, 0.3) is 0 Å². The lowest BCUT2D eigenvalue weighted by atomic mass is 9.93. The van der Waals surface area contributed by atoms with E-state index in [-0.39, 0.29) is 5.91 Å². The molecule has 1 rings (SSSR count). The molecule has 0 saturated carbocycles. The fourth-order valence-electron chi connectivity index (χ4n) is 1.64. The van der Waals surface area contributed by atoms with Crippen molar-refractivity contribution in [1.82, 2.24) is 5.32 Å². The Hall–Kier alpha value is -1.10. The first-order chi connectivity index (χ1) is 8.50. The van der Waals surface area contributed by atoms with Crippen molar-refractivity contribution in [2.24, 2.45) is 11.5 Å². The molecule has 5 N–H and O–H groups in total. The molecule has 1 aromatic carbocycles. The first kappa shape index (κ1) is 15.0. The Balaban J connectivity index is 2.57. The minimum atomic E-state index is -0.434. The van der Waals surface area contributed by atoms with Crippen molar-refractivity contribution in [2.45, 2.75) is 25.3 Å². The maximum Gasteiger partial charge on any atom is 0.251 e. The highest BCUT2D eigenvalue weighted by Gasteiger charge is 2.22. The summed E-state index contributed by atoms with van der Waals surface area (Å²) in [7, 11) is 0. The molecule has 5 heteroatoms. The van der Waals surface area contributed by atoms with Crippen LogP contribution in [0.1, 0.15) is 30.1 Å². The second-order valence-corrected chi connectivity index (χ2v) is 4.88. The molecular weight excluding hydrogens is 250 g/mol. The normalized spacial score (nSPS) is 14.0. The van der Waals surface area contributed by atoms with Crippen molar-refractivity contribution in [2.75, 3.05) is 13.1 Å². The molecule has 0 aliphatic carbocycles. The Kier molecular flexibility index (Phi) is 5.59. The Labute approximate surface area is 113 Å². The average Bonchev–Trinajstić information content (AvgIpc) is 2.37. The van der Waals surface area contributed by atoms with E-state index in [4.69, 9.17) is 23.1 Å². The van der Waals surface area contributed by atoms with Crippen LogP contribution >= 0.6 is 11.6 Å². The molecule has 1 atom stereocenters. The Bertz CT molecular complexity index is 394. The van der Waals surface area contributed by atoms with Gasteiger partial charge in [-0.05, 0) is 43.7 Å². The number of carbonyl (C=O) groups excluding carboxylic acids is 1. The summed E-state index contributed by atoms with van der Waals surface area (Å²) >= 11 is 5.76. The first-order valence-electron chi connectivity index (χ1n) is 6.03. The van der Waals surface area contributed by atoms with Gasteiger partial charge in [-0.15, -0.1) is 0 Å². The predicted octanol–water partition coefficient (Wildman–Crippen LogP) is 1.53. The smallest absolute Gasteiger partial charge is 0.251 e. The molecule has 0 aromatic heterocycles. The van der Waals surface area contributed by atoms with Gasteiger partial charge in [0.25, 0.3) is 5.91 Å². The van der Waals surface area contributed by atoms with E-state index < -0.39 is 5.54 Å². The van der Waals surface area contributed by atoms with E-state index in [1.165, 1.54) is 0 Å². The lowest BCUT2D eigenvalue weighted by Crippen LogP contribution is -2.50. The van der Waals surface area contributed by atoms with Crippen molar-refractivity contribution in [3.8, 4) is 0 Å². The third-order valence-electron chi connectivity index (χ3n) is 3.05. The van der Waals surface area contributed by atoms with Crippen molar-refractivity contribution in [3.63, 3.8) is 0 Å². The van der Waals surface area contributed by atoms with Gasteiger partial charge in [0.2, 0.25) is 0 Å². The number of carbonyl (C=O) groups is 1. The maximum atomic E-state index is 11.9. The van der Waals surface area contributed by atoms with Gasteiger partial charge in [0, 0.05) is 22.7 Å². The maximum absolute atomic E-state index is 11.9. The molecule has 1 aromatic rings. The third kappa shape index (κ3) is 4.29. The van der Waals surface area contributed by atoms with E-state index in [1.807, 2.05) is 6.92 Å². The second kappa shape index (κ2) is 6.73. The third-order valence-corrected chi connectivity index (χ3v) is 3.31. The van der Waals surface area contributed by atoms with Gasteiger partial charge >= 0.3 is 0 Å². The number of rotatable bonds is 6. The lowest BCUT2D eigenvalue weighted by Gasteiger charge is -2.27. The van der Waals surface area contributed by atoms with Crippen molar-refractivity contribution < 1.29 is 4.79 Å². The summed E-state index contributed by atoms with van der Waals surface area (Å²) in [5.74, 6) is -0.146. The number of nitrogens with one attached hydrogen (secondary N) is 1. The predicted molar refractivity (Wildman–Crippen MR) is 74.7 cm³/mol. The molecule has 18 heavy (non-hydrogen) atoms. The minimum absolute atomic E-state index is 0.146. The van der Waals surface area contributed by atoms with Crippen LogP contribution < -0.4 is 16.8 Å². The van der Waals surface area contributed by atoms with Crippen molar-refractivity contribution in [3.05, 3.63) is 34.9 Å². The number of halogens is 1.